The molecule has 1 aromatic rings. The zero-order chi connectivity index (χ0) is 15.3. The van der Waals surface area contributed by atoms with Crippen molar-refractivity contribution in [2.75, 3.05) is 14.2 Å². The Hall–Kier alpha value is -1.51. The van der Waals surface area contributed by atoms with Gasteiger partial charge >= 0.3 is 12.3 Å². The molecular weight excluding hydrogens is 347 g/mol. The number of carbonyl (C=O) groups is 1. The lowest BCUT2D eigenvalue weighted by atomic mass is 10.2. The summed E-state index contributed by atoms with van der Waals surface area (Å²) in [5.74, 6) is -1.45. The second-order valence-electron chi connectivity index (χ2n) is 3.55. The number of nitrogens with zero attached hydrogens (tertiary/aromatic N) is 1. The lowest BCUT2D eigenvalue weighted by Gasteiger charge is -2.15. The molecule has 9 heteroatoms. The second-order valence-corrected chi connectivity index (χ2v) is 4.11. The van der Waals surface area contributed by atoms with Crippen molar-refractivity contribution in [1.29, 1.82) is 0 Å². The molecule has 1 aromatic heterocycles. The molecule has 0 aromatic carbocycles. The van der Waals surface area contributed by atoms with Crippen LogP contribution in [0.25, 0.3) is 0 Å². The van der Waals surface area contributed by atoms with Gasteiger partial charge < -0.3 is 14.2 Å². The topological polar surface area (TPSA) is 57.7 Å². The number of hydrogen-bond acceptors (Lipinski definition) is 5. The molecule has 0 saturated carbocycles. The first kappa shape index (κ1) is 16.5. The van der Waals surface area contributed by atoms with Crippen LogP contribution < -0.4 is 9.47 Å². The third-order valence-electron chi connectivity index (χ3n) is 2.18. The molecule has 0 fully saturated rings. The van der Waals surface area contributed by atoms with Crippen molar-refractivity contribution >= 4 is 21.9 Å². The maximum Gasteiger partial charge on any atom is 0.573 e. The maximum atomic E-state index is 12.3. The van der Waals surface area contributed by atoms with Crippen LogP contribution in [0, 0.1) is 0 Å². The van der Waals surface area contributed by atoms with Crippen LogP contribution in [0.1, 0.15) is 11.3 Å². The molecule has 0 aliphatic carbocycles. The predicted octanol–water partition coefficient (Wildman–Crippen LogP) is 2.60. The number of hydrogen-bond donors (Lipinski definition) is 0. The fraction of sp³-hybridized carbons (Fsp3) is 0.455. The van der Waals surface area contributed by atoms with Crippen LogP contribution in [0.5, 0.6) is 11.6 Å². The average molecular weight is 358 g/mol. The number of methoxy groups -OCH3 is 2. The highest BCUT2D eigenvalue weighted by molar-refractivity contribution is 9.08. The van der Waals surface area contributed by atoms with Crippen molar-refractivity contribution in [1.82, 2.24) is 4.98 Å². The van der Waals surface area contributed by atoms with Gasteiger partial charge in [-0.3, -0.25) is 4.79 Å². The number of esters is 1. The van der Waals surface area contributed by atoms with E-state index in [4.69, 9.17) is 4.74 Å². The fourth-order valence-electron chi connectivity index (χ4n) is 1.39. The molecule has 0 aliphatic rings. The molecule has 0 bridgehead atoms. The minimum Gasteiger partial charge on any atom is -0.478 e. The summed E-state index contributed by atoms with van der Waals surface area (Å²) in [4.78, 5) is 15.0. The normalized spacial score (nSPS) is 11.1. The van der Waals surface area contributed by atoms with E-state index in [0.717, 1.165) is 7.11 Å². The second kappa shape index (κ2) is 6.78. The van der Waals surface area contributed by atoms with Gasteiger partial charge in [-0.05, 0) is 6.07 Å². The Labute approximate surface area is 121 Å². The number of pyridine rings is 1. The Bertz CT molecular complexity index is 468. The van der Waals surface area contributed by atoms with Gasteiger partial charge in [-0.25, -0.2) is 4.98 Å². The van der Waals surface area contributed by atoms with Crippen LogP contribution in [0.15, 0.2) is 6.07 Å². The third-order valence-corrected chi connectivity index (χ3v) is 2.78. The molecule has 0 saturated heterocycles. The minimum atomic E-state index is -4.87. The van der Waals surface area contributed by atoms with Crippen molar-refractivity contribution in [3.63, 3.8) is 0 Å². The molecule has 0 spiro atoms. The molecule has 0 aliphatic heterocycles. The van der Waals surface area contributed by atoms with Crippen LogP contribution in [-0.2, 0) is 21.3 Å². The van der Waals surface area contributed by atoms with E-state index in [-0.39, 0.29) is 28.9 Å². The molecule has 112 valence electrons. The molecule has 0 N–H and O–H groups in total. The molecule has 20 heavy (non-hydrogen) atoms. The van der Waals surface area contributed by atoms with E-state index in [1.54, 1.807) is 0 Å². The van der Waals surface area contributed by atoms with Gasteiger partial charge in [0, 0.05) is 10.9 Å². The molecule has 0 amide bonds. The average Bonchev–Trinajstić information content (AvgIpc) is 2.38. The van der Waals surface area contributed by atoms with E-state index in [1.807, 2.05) is 0 Å². The summed E-state index contributed by atoms with van der Waals surface area (Å²) in [7, 11) is 2.36. The third kappa shape index (κ3) is 4.55. The predicted molar refractivity (Wildman–Crippen MR) is 65.8 cm³/mol. The number of rotatable bonds is 5. The highest BCUT2D eigenvalue weighted by Gasteiger charge is 2.34. The maximum absolute atomic E-state index is 12.3. The van der Waals surface area contributed by atoms with Crippen LogP contribution in [0.3, 0.4) is 0 Å². The smallest absolute Gasteiger partial charge is 0.478 e. The monoisotopic (exact) mass is 357 g/mol. The largest absolute Gasteiger partial charge is 0.573 e. The number of aromatic nitrogens is 1. The van der Waals surface area contributed by atoms with E-state index in [9.17, 15) is 18.0 Å². The van der Waals surface area contributed by atoms with Crippen molar-refractivity contribution in [3.8, 4) is 11.6 Å². The zero-order valence-electron chi connectivity index (χ0n) is 10.6. The van der Waals surface area contributed by atoms with Gasteiger partial charge in [-0.2, -0.15) is 0 Å². The first-order chi connectivity index (χ1) is 9.30. The Morgan fingerprint density at radius 2 is 2.05 bits per heavy atom. The van der Waals surface area contributed by atoms with Crippen LogP contribution >= 0.6 is 15.9 Å². The van der Waals surface area contributed by atoms with Crippen molar-refractivity contribution < 1.29 is 32.2 Å². The standard InChI is InChI=1S/C11H11BrF3NO4/c1-18-8(17)4-7-3-6(5-12)9(10(16-7)19-2)20-11(13,14)15/h3H,4-5H2,1-2H3. The van der Waals surface area contributed by atoms with Gasteiger partial charge in [0.1, 0.15) is 0 Å². The highest BCUT2D eigenvalue weighted by Crippen LogP contribution is 2.35. The van der Waals surface area contributed by atoms with E-state index < -0.39 is 18.1 Å². The van der Waals surface area contributed by atoms with E-state index in [2.05, 4.69) is 30.4 Å². The van der Waals surface area contributed by atoms with Crippen molar-refractivity contribution in [2.45, 2.75) is 18.1 Å². The number of carbonyl (C=O) groups excluding carboxylic acids is 1. The van der Waals surface area contributed by atoms with Crippen LogP contribution in [-0.4, -0.2) is 31.5 Å². The zero-order valence-corrected chi connectivity index (χ0v) is 12.2. The lowest BCUT2D eigenvalue weighted by molar-refractivity contribution is -0.275. The summed E-state index contributed by atoms with van der Waals surface area (Å²) in [6, 6.07) is 1.31. The number of ether oxygens (including phenoxy) is 3. The summed E-state index contributed by atoms with van der Waals surface area (Å²) in [5.41, 5.74) is 0.380. The number of alkyl halides is 4. The highest BCUT2D eigenvalue weighted by atomic mass is 79.9. The molecular formula is C11H11BrF3NO4. The number of halogens is 4. The molecule has 0 radical (unpaired) electrons. The Kier molecular flexibility index (Phi) is 5.61. The quantitative estimate of drug-likeness (QED) is 0.598. The van der Waals surface area contributed by atoms with E-state index >= 15 is 0 Å². The summed E-state index contributed by atoms with van der Waals surface area (Å²) >= 11 is 3.05. The Balaban J connectivity index is 3.21. The fourth-order valence-corrected chi connectivity index (χ4v) is 1.81. The van der Waals surface area contributed by atoms with Gasteiger partial charge in [0.2, 0.25) is 0 Å². The summed E-state index contributed by atoms with van der Waals surface area (Å²) < 4.78 is 50.2. The van der Waals surface area contributed by atoms with Crippen LogP contribution in [0.4, 0.5) is 13.2 Å². The Morgan fingerprint density at radius 1 is 1.40 bits per heavy atom. The van der Waals surface area contributed by atoms with Crippen LogP contribution in [0.2, 0.25) is 0 Å². The summed E-state index contributed by atoms with van der Waals surface area (Å²) in [6.45, 7) is 0. The van der Waals surface area contributed by atoms with Crippen molar-refractivity contribution in [2.24, 2.45) is 0 Å². The van der Waals surface area contributed by atoms with Crippen molar-refractivity contribution in [3.05, 3.63) is 17.3 Å². The molecule has 0 unspecified atom stereocenters. The van der Waals surface area contributed by atoms with Gasteiger partial charge in [-0.1, -0.05) is 15.9 Å². The molecule has 1 heterocycles. The minimum absolute atomic E-state index is 0.0749. The van der Waals surface area contributed by atoms with Gasteiger partial charge in [0.25, 0.3) is 5.88 Å². The molecule has 0 atom stereocenters. The van der Waals surface area contributed by atoms with E-state index in [1.165, 1.54) is 13.2 Å². The first-order valence-electron chi connectivity index (χ1n) is 5.26. The molecule has 5 nitrogen and oxygen atoms in total. The lowest BCUT2D eigenvalue weighted by Crippen LogP contribution is -2.19. The summed E-state index contributed by atoms with van der Waals surface area (Å²) in [5, 5.41) is 0.0749. The van der Waals surface area contributed by atoms with E-state index in [0.29, 0.717) is 0 Å². The SMILES string of the molecule is COC(=O)Cc1cc(CBr)c(OC(F)(F)F)c(OC)n1. The summed E-state index contributed by atoms with van der Waals surface area (Å²) in [6.07, 6.45) is -5.05. The molecule has 1 rings (SSSR count). The van der Waals surface area contributed by atoms with Gasteiger partial charge in [0.15, 0.2) is 5.75 Å². The van der Waals surface area contributed by atoms with Gasteiger partial charge in [0.05, 0.1) is 26.3 Å². The Morgan fingerprint density at radius 3 is 2.50 bits per heavy atom. The first-order valence-corrected chi connectivity index (χ1v) is 6.38. The van der Waals surface area contributed by atoms with Gasteiger partial charge in [-0.15, -0.1) is 13.2 Å².